The predicted molar refractivity (Wildman–Crippen MR) is 89.6 cm³/mol. The Balaban J connectivity index is 2.25. The summed E-state index contributed by atoms with van der Waals surface area (Å²) < 4.78 is 44.9. The maximum atomic E-state index is 13.1. The molecule has 0 saturated carbocycles. The first kappa shape index (κ1) is 20.6. The summed E-state index contributed by atoms with van der Waals surface area (Å²) in [5, 5.41) is 11.4. The van der Waals surface area contributed by atoms with E-state index in [0.717, 1.165) is 6.07 Å². The number of alkyl halides is 3. The number of carbonyl (C=O) groups excluding carboxylic acids is 2. The van der Waals surface area contributed by atoms with Gasteiger partial charge in [-0.05, 0) is 25.1 Å². The Morgan fingerprint density at radius 3 is 2.67 bits per heavy atom. The van der Waals surface area contributed by atoms with Crippen LogP contribution in [0.1, 0.15) is 31.9 Å². The lowest BCUT2D eigenvalue weighted by atomic mass is 9.89. The zero-order chi connectivity index (χ0) is 20.4. The van der Waals surface area contributed by atoms with Gasteiger partial charge in [-0.15, -0.1) is 0 Å². The van der Waals surface area contributed by atoms with Crippen molar-refractivity contribution >= 4 is 11.8 Å². The molecule has 0 spiro atoms. The quantitative estimate of drug-likeness (QED) is 0.846. The third kappa shape index (κ3) is 4.51. The van der Waals surface area contributed by atoms with Gasteiger partial charge in [-0.1, -0.05) is 13.8 Å². The minimum atomic E-state index is -4.72. The number of nitrogens with zero attached hydrogens (tertiary/aromatic N) is 2. The monoisotopic (exact) mass is 383 g/mol. The topological polar surface area (TPSA) is 82.4 Å². The molecule has 6 nitrogen and oxygen atoms in total. The van der Waals surface area contributed by atoms with Crippen LogP contribution in [0.15, 0.2) is 18.2 Å². The number of amides is 2. The van der Waals surface area contributed by atoms with Gasteiger partial charge in [0, 0.05) is 18.5 Å². The number of likely N-dealkylation sites (tertiary alicyclic amines) is 1. The standard InChI is InChI=1S/C18H20F3N3O3/c1-4-23-14(25)9-24-10-17(2,3)15(16(24)26)27-12-6-5-11(8-22)13(7-12)18(19,20)21/h5-7,15H,4,9-10H2,1-3H3,(H,23,25). The van der Waals surface area contributed by atoms with E-state index in [1.165, 1.54) is 17.0 Å². The van der Waals surface area contributed by atoms with Crippen LogP contribution in [-0.4, -0.2) is 42.5 Å². The molecule has 0 aromatic heterocycles. The highest BCUT2D eigenvalue weighted by Gasteiger charge is 2.48. The van der Waals surface area contributed by atoms with E-state index in [1.807, 2.05) is 0 Å². The molecular weight excluding hydrogens is 363 g/mol. The number of likely N-dealkylation sites (N-methyl/N-ethyl adjacent to an activating group) is 1. The van der Waals surface area contributed by atoms with Gasteiger partial charge in [-0.3, -0.25) is 9.59 Å². The summed E-state index contributed by atoms with van der Waals surface area (Å²) in [5.41, 5.74) is -2.36. The van der Waals surface area contributed by atoms with Crippen LogP contribution in [0.5, 0.6) is 5.75 Å². The molecule has 0 aliphatic carbocycles. The molecule has 2 amide bonds. The van der Waals surface area contributed by atoms with Crippen LogP contribution >= 0.6 is 0 Å². The number of hydrogen-bond donors (Lipinski definition) is 1. The fourth-order valence-corrected chi connectivity index (χ4v) is 2.99. The lowest BCUT2D eigenvalue weighted by molar-refractivity contribution is -0.138. The fraction of sp³-hybridized carbons (Fsp3) is 0.500. The van der Waals surface area contributed by atoms with E-state index < -0.39 is 34.7 Å². The SMILES string of the molecule is CCNC(=O)CN1CC(C)(C)C(Oc2ccc(C#N)c(C(F)(F)F)c2)C1=O. The normalized spacial score (nSPS) is 18.9. The summed E-state index contributed by atoms with van der Waals surface area (Å²) in [6, 6.07) is 4.45. The van der Waals surface area contributed by atoms with Crippen LogP contribution in [0.2, 0.25) is 0 Å². The molecule has 2 rings (SSSR count). The number of hydrogen-bond acceptors (Lipinski definition) is 4. The highest BCUT2D eigenvalue weighted by molar-refractivity contribution is 5.89. The van der Waals surface area contributed by atoms with E-state index in [-0.39, 0.29) is 24.7 Å². The molecule has 9 heteroatoms. The Bertz CT molecular complexity index is 784. The molecule has 1 unspecified atom stereocenters. The van der Waals surface area contributed by atoms with Gasteiger partial charge in [-0.2, -0.15) is 18.4 Å². The van der Waals surface area contributed by atoms with Crippen molar-refractivity contribution in [2.24, 2.45) is 5.41 Å². The van der Waals surface area contributed by atoms with Crippen molar-refractivity contribution in [2.45, 2.75) is 33.1 Å². The van der Waals surface area contributed by atoms with Gasteiger partial charge in [0.25, 0.3) is 5.91 Å². The number of carbonyl (C=O) groups is 2. The second kappa shape index (κ2) is 7.47. The molecule has 27 heavy (non-hydrogen) atoms. The lowest BCUT2D eigenvalue weighted by Gasteiger charge is -2.24. The van der Waals surface area contributed by atoms with Crippen LogP contribution in [0, 0.1) is 16.7 Å². The Kier molecular flexibility index (Phi) is 5.68. The summed E-state index contributed by atoms with van der Waals surface area (Å²) in [6.45, 7) is 5.74. The second-order valence-electron chi connectivity index (χ2n) is 6.95. The number of nitrogens with one attached hydrogen (secondary N) is 1. The van der Waals surface area contributed by atoms with Gasteiger partial charge in [-0.25, -0.2) is 0 Å². The highest BCUT2D eigenvalue weighted by Crippen LogP contribution is 2.37. The molecule has 1 atom stereocenters. The van der Waals surface area contributed by atoms with E-state index in [9.17, 15) is 22.8 Å². The van der Waals surface area contributed by atoms with Crippen LogP contribution in [0.3, 0.4) is 0 Å². The summed E-state index contributed by atoms with van der Waals surface area (Å²) in [5.74, 6) is -0.947. The molecule has 146 valence electrons. The number of halogens is 3. The van der Waals surface area contributed by atoms with Crippen LogP contribution in [0.4, 0.5) is 13.2 Å². The molecular formula is C18H20F3N3O3. The number of benzene rings is 1. The van der Waals surface area contributed by atoms with Crippen molar-refractivity contribution in [2.75, 3.05) is 19.6 Å². The van der Waals surface area contributed by atoms with Crippen LogP contribution in [-0.2, 0) is 15.8 Å². The average Bonchev–Trinajstić information content (AvgIpc) is 2.77. The molecule has 1 aromatic carbocycles. The van der Waals surface area contributed by atoms with Gasteiger partial charge in [0.15, 0.2) is 6.10 Å². The molecule has 1 aliphatic rings. The Morgan fingerprint density at radius 1 is 1.44 bits per heavy atom. The second-order valence-corrected chi connectivity index (χ2v) is 6.95. The van der Waals surface area contributed by atoms with E-state index in [4.69, 9.17) is 10.00 Å². The fourth-order valence-electron chi connectivity index (χ4n) is 2.99. The summed E-state index contributed by atoms with van der Waals surface area (Å²) in [6.07, 6.45) is -5.76. The smallest absolute Gasteiger partial charge is 0.417 e. The number of ether oxygens (including phenoxy) is 1. The van der Waals surface area contributed by atoms with Crippen molar-refractivity contribution in [3.05, 3.63) is 29.3 Å². The number of nitriles is 1. The Morgan fingerprint density at radius 2 is 2.11 bits per heavy atom. The van der Waals surface area contributed by atoms with Gasteiger partial charge < -0.3 is 15.0 Å². The molecule has 0 bridgehead atoms. The summed E-state index contributed by atoms with van der Waals surface area (Å²) in [4.78, 5) is 25.7. The molecule has 1 heterocycles. The first-order chi connectivity index (χ1) is 12.5. The first-order valence-corrected chi connectivity index (χ1v) is 8.33. The average molecular weight is 383 g/mol. The van der Waals surface area contributed by atoms with Crippen molar-refractivity contribution in [3.8, 4) is 11.8 Å². The summed E-state index contributed by atoms with van der Waals surface area (Å²) in [7, 11) is 0. The minimum absolute atomic E-state index is 0.142. The lowest BCUT2D eigenvalue weighted by Crippen LogP contribution is -2.40. The van der Waals surface area contributed by atoms with Crippen molar-refractivity contribution in [3.63, 3.8) is 0 Å². The molecule has 1 aliphatic heterocycles. The molecule has 0 radical (unpaired) electrons. The zero-order valence-corrected chi connectivity index (χ0v) is 15.2. The van der Waals surface area contributed by atoms with Gasteiger partial charge in [0.05, 0.1) is 23.7 Å². The van der Waals surface area contributed by atoms with Gasteiger partial charge in [0.1, 0.15) is 5.75 Å². The van der Waals surface area contributed by atoms with Crippen molar-refractivity contribution < 1.29 is 27.5 Å². The highest BCUT2D eigenvalue weighted by atomic mass is 19.4. The molecule has 1 saturated heterocycles. The minimum Gasteiger partial charge on any atom is -0.480 e. The summed E-state index contributed by atoms with van der Waals surface area (Å²) >= 11 is 0. The maximum absolute atomic E-state index is 13.1. The van der Waals surface area contributed by atoms with E-state index >= 15 is 0 Å². The maximum Gasteiger partial charge on any atom is 0.417 e. The number of rotatable bonds is 5. The van der Waals surface area contributed by atoms with E-state index in [2.05, 4.69) is 5.32 Å². The molecule has 1 fully saturated rings. The molecule has 1 N–H and O–H groups in total. The van der Waals surface area contributed by atoms with Gasteiger partial charge >= 0.3 is 6.18 Å². The van der Waals surface area contributed by atoms with Crippen molar-refractivity contribution in [1.29, 1.82) is 5.26 Å². The van der Waals surface area contributed by atoms with Crippen LogP contribution < -0.4 is 10.1 Å². The Hall–Kier alpha value is -2.76. The third-order valence-electron chi connectivity index (χ3n) is 4.22. The van der Waals surface area contributed by atoms with E-state index in [1.54, 1.807) is 20.8 Å². The van der Waals surface area contributed by atoms with Crippen molar-refractivity contribution in [1.82, 2.24) is 10.2 Å². The Labute approximate surface area is 154 Å². The largest absolute Gasteiger partial charge is 0.480 e. The van der Waals surface area contributed by atoms with E-state index in [0.29, 0.717) is 12.6 Å². The molecule has 1 aromatic rings. The van der Waals surface area contributed by atoms with Crippen LogP contribution in [0.25, 0.3) is 0 Å². The third-order valence-corrected chi connectivity index (χ3v) is 4.22. The predicted octanol–water partition coefficient (Wildman–Crippen LogP) is 2.33. The first-order valence-electron chi connectivity index (χ1n) is 8.33. The van der Waals surface area contributed by atoms with Gasteiger partial charge in [0.2, 0.25) is 5.91 Å². The zero-order valence-electron chi connectivity index (χ0n) is 15.2.